The maximum Gasteiger partial charge on any atom is 0.331 e. The Bertz CT molecular complexity index is 266. The molecule has 0 saturated carbocycles. The van der Waals surface area contributed by atoms with Gasteiger partial charge in [0.1, 0.15) is 6.73 Å². The lowest BCUT2D eigenvalue weighted by Gasteiger charge is -2.52. The summed E-state index contributed by atoms with van der Waals surface area (Å²) in [5, 5.41) is 0. The van der Waals surface area contributed by atoms with Gasteiger partial charge in [0.2, 0.25) is 0 Å². The predicted octanol–water partition coefficient (Wildman–Crippen LogP) is 2.72. The van der Waals surface area contributed by atoms with Crippen molar-refractivity contribution in [2.24, 2.45) is 0 Å². The molecule has 0 radical (unpaired) electrons. The molecule has 1 rings (SSSR count). The molecule has 0 amide bonds. The Hall–Kier alpha value is -0.830. The second-order valence-corrected chi connectivity index (χ2v) is 5.70. The summed E-state index contributed by atoms with van der Waals surface area (Å²) in [6.45, 7) is 12.6. The van der Waals surface area contributed by atoms with Crippen molar-refractivity contribution in [3.05, 3.63) is 12.7 Å². The van der Waals surface area contributed by atoms with E-state index in [2.05, 4.69) is 39.2 Å². The Balaban J connectivity index is 2.71. The summed E-state index contributed by atoms with van der Waals surface area (Å²) in [6, 6.07) is 0. The third kappa shape index (κ3) is 2.85. The second kappa shape index (κ2) is 4.58. The summed E-state index contributed by atoms with van der Waals surface area (Å²) in [5.74, 6) is -0.350. The third-order valence-corrected chi connectivity index (χ3v) is 3.54. The van der Waals surface area contributed by atoms with Crippen molar-refractivity contribution < 1.29 is 9.53 Å². The highest BCUT2D eigenvalue weighted by Gasteiger charge is 2.41. The molecule has 0 aromatic rings. The topological polar surface area (TPSA) is 29.5 Å². The lowest BCUT2D eigenvalue weighted by Crippen LogP contribution is -2.59. The van der Waals surface area contributed by atoms with E-state index in [-0.39, 0.29) is 17.0 Å². The van der Waals surface area contributed by atoms with Crippen molar-refractivity contribution >= 4 is 5.97 Å². The number of piperidine rings is 1. The molecular formula is C13H23NO2. The van der Waals surface area contributed by atoms with Gasteiger partial charge in [-0.05, 0) is 47.0 Å². The molecule has 0 unspecified atom stereocenters. The molecule has 0 N–H and O–H groups in total. The summed E-state index contributed by atoms with van der Waals surface area (Å²) >= 11 is 0. The van der Waals surface area contributed by atoms with Crippen LogP contribution in [0.2, 0.25) is 0 Å². The number of likely N-dealkylation sites (tertiary alicyclic amines) is 1. The lowest BCUT2D eigenvalue weighted by atomic mass is 9.80. The summed E-state index contributed by atoms with van der Waals surface area (Å²) in [5.41, 5.74) is 0.173. The van der Waals surface area contributed by atoms with Crippen LogP contribution in [0.15, 0.2) is 12.7 Å². The van der Waals surface area contributed by atoms with Gasteiger partial charge in [-0.2, -0.15) is 0 Å². The maximum absolute atomic E-state index is 11.1. The van der Waals surface area contributed by atoms with E-state index in [1.54, 1.807) is 0 Å². The van der Waals surface area contributed by atoms with Gasteiger partial charge in [-0.15, -0.1) is 0 Å². The van der Waals surface area contributed by atoms with Crippen LogP contribution in [0.3, 0.4) is 0 Å². The molecule has 0 aliphatic carbocycles. The first kappa shape index (κ1) is 13.2. The third-order valence-electron chi connectivity index (χ3n) is 3.54. The molecule has 0 aromatic heterocycles. The quantitative estimate of drug-likeness (QED) is 0.546. The zero-order chi connectivity index (χ0) is 12.4. The van der Waals surface area contributed by atoms with Gasteiger partial charge in [-0.25, -0.2) is 4.79 Å². The molecule has 1 heterocycles. The zero-order valence-electron chi connectivity index (χ0n) is 10.9. The van der Waals surface area contributed by atoms with Gasteiger partial charge in [-0.1, -0.05) is 6.58 Å². The van der Waals surface area contributed by atoms with Crippen LogP contribution < -0.4 is 0 Å². The molecule has 16 heavy (non-hydrogen) atoms. The monoisotopic (exact) mass is 225 g/mol. The van der Waals surface area contributed by atoms with E-state index in [1.807, 2.05) is 0 Å². The number of hydrogen-bond donors (Lipinski definition) is 0. The smallest absolute Gasteiger partial charge is 0.331 e. The average molecular weight is 225 g/mol. The van der Waals surface area contributed by atoms with Crippen LogP contribution in [0.25, 0.3) is 0 Å². The number of ether oxygens (including phenoxy) is 1. The van der Waals surface area contributed by atoms with Gasteiger partial charge >= 0.3 is 5.97 Å². The minimum atomic E-state index is -0.350. The molecule has 0 bridgehead atoms. The number of hydrogen-bond acceptors (Lipinski definition) is 3. The Morgan fingerprint density at radius 2 is 1.81 bits per heavy atom. The molecule has 0 aromatic carbocycles. The van der Waals surface area contributed by atoms with Gasteiger partial charge in [0.05, 0.1) is 0 Å². The minimum Gasteiger partial charge on any atom is -0.446 e. The fourth-order valence-corrected chi connectivity index (χ4v) is 2.58. The van der Waals surface area contributed by atoms with Crippen molar-refractivity contribution in [2.75, 3.05) is 6.73 Å². The van der Waals surface area contributed by atoms with E-state index < -0.39 is 0 Å². The first-order valence-electron chi connectivity index (χ1n) is 5.86. The van der Waals surface area contributed by atoms with Crippen molar-refractivity contribution in [1.82, 2.24) is 4.90 Å². The van der Waals surface area contributed by atoms with Crippen LogP contribution >= 0.6 is 0 Å². The first-order chi connectivity index (χ1) is 7.29. The van der Waals surface area contributed by atoms with Crippen molar-refractivity contribution in [2.45, 2.75) is 58.0 Å². The minimum absolute atomic E-state index is 0.0865. The van der Waals surface area contributed by atoms with Gasteiger partial charge in [0, 0.05) is 17.2 Å². The lowest BCUT2D eigenvalue weighted by molar-refractivity contribution is -0.154. The molecule has 3 nitrogen and oxygen atoms in total. The van der Waals surface area contributed by atoms with Gasteiger partial charge in [0.15, 0.2) is 0 Å². The molecular weight excluding hydrogens is 202 g/mol. The van der Waals surface area contributed by atoms with Crippen LogP contribution in [0.5, 0.6) is 0 Å². The standard InChI is InChI=1S/C13H23NO2/c1-6-11(15)16-10-14-12(2,3)8-7-9-13(14,4)5/h6H,1,7-10H2,2-5H3. The van der Waals surface area contributed by atoms with E-state index >= 15 is 0 Å². The van der Waals surface area contributed by atoms with Crippen LogP contribution in [-0.4, -0.2) is 28.7 Å². The van der Waals surface area contributed by atoms with E-state index in [0.29, 0.717) is 6.73 Å². The van der Waals surface area contributed by atoms with E-state index in [1.165, 1.54) is 12.5 Å². The van der Waals surface area contributed by atoms with Crippen LogP contribution in [0.4, 0.5) is 0 Å². The molecule has 3 heteroatoms. The van der Waals surface area contributed by atoms with Crippen LogP contribution in [0, 0.1) is 0 Å². The van der Waals surface area contributed by atoms with Crippen molar-refractivity contribution in [3.8, 4) is 0 Å². The first-order valence-corrected chi connectivity index (χ1v) is 5.86. The highest BCUT2D eigenvalue weighted by Crippen LogP contribution is 2.37. The number of rotatable bonds is 3. The number of nitrogens with zero attached hydrogens (tertiary/aromatic N) is 1. The SMILES string of the molecule is C=CC(=O)OCN1C(C)(C)CCCC1(C)C. The zero-order valence-corrected chi connectivity index (χ0v) is 10.9. The molecule has 1 saturated heterocycles. The second-order valence-electron chi connectivity index (χ2n) is 5.70. The summed E-state index contributed by atoms with van der Waals surface area (Å²) in [6.07, 6.45) is 4.72. The predicted molar refractivity (Wildman–Crippen MR) is 65.0 cm³/mol. The number of carbonyl (C=O) groups excluding carboxylic acids is 1. The van der Waals surface area contributed by atoms with Gasteiger partial charge in [0.25, 0.3) is 0 Å². The van der Waals surface area contributed by atoms with Crippen molar-refractivity contribution in [3.63, 3.8) is 0 Å². The van der Waals surface area contributed by atoms with Crippen LogP contribution in [-0.2, 0) is 9.53 Å². The van der Waals surface area contributed by atoms with E-state index in [0.717, 1.165) is 12.8 Å². The van der Waals surface area contributed by atoms with Crippen molar-refractivity contribution in [1.29, 1.82) is 0 Å². The highest BCUT2D eigenvalue weighted by atomic mass is 16.5. The number of esters is 1. The van der Waals surface area contributed by atoms with E-state index in [9.17, 15) is 4.79 Å². The molecule has 0 atom stereocenters. The van der Waals surface area contributed by atoms with Gasteiger partial charge < -0.3 is 4.74 Å². The molecule has 1 aliphatic rings. The Labute approximate surface area is 98.5 Å². The normalized spacial score (nSPS) is 23.8. The average Bonchev–Trinajstić information content (AvgIpc) is 2.14. The Morgan fingerprint density at radius 1 is 1.31 bits per heavy atom. The molecule has 1 aliphatic heterocycles. The largest absolute Gasteiger partial charge is 0.446 e. The Kier molecular flexibility index (Phi) is 3.79. The summed E-state index contributed by atoms with van der Waals surface area (Å²) in [7, 11) is 0. The number of carbonyl (C=O) groups is 1. The Morgan fingerprint density at radius 3 is 2.25 bits per heavy atom. The molecule has 0 spiro atoms. The molecule has 1 fully saturated rings. The molecule has 92 valence electrons. The summed E-state index contributed by atoms with van der Waals surface area (Å²) < 4.78 is 5.17. The fraction of sp³-hybridized carbons (Fsp3) is 0.769. The maximum atomic E-state index is 11.1. The summed E-state index contributed by atoms with van der Waals surface area (Å²) in [4.78, 5) is 13.4. The fourth-order valence-electron chi connectivity index (χ4n) is 2.58. The van der Waals surface area contributed by atoms with Crippen LogP contribution in [0.1, 0.15) is 47.0 Å². The van der Waals surface area contributed by atoms with E-state index in [4.69, 9.17) is 4.74 Å². The van der Waals surface area contributed by atoms with Gasteiger partial charge in [-0.3, -0.25) is 4.90 Å². The highest BCUT2D eigenvalue weighted by molar-refractivity contribution is 5.81.